The van der Waals surface area contributed by atoms with E-state index in [9.17, 15) is 0 Å². The van der Waals surface area contributed by atoms with Crippen LogP contribution in [0.15, 0.2) is 51.5 Å². The number of aromatic nitrogens is 1. The zero-order valence-electron chi connectivity index (χ0n) is 16.5. The number of nitriles is 1. The standard InChI is InChI=1S/C21H23N5S2/c1-5-15(4)26(6-2)16-7-9-18(14(3)11-16)24-25-21-23-19-10-8-17(27-13-22)12-20(19)28-21/h7-12,15H,5-6H2,1-4H3. The van der Waals surface area contributed by atoms with Gasteiger partial charge in [0.1, 0.15) is 5.40 Å². The van der Waals surface area contributed by atoms with Crippen LogP contribution in [0.5, 0.6) is 0 Å². The van der Waals surface area contributed by atoms with Crippen molar-refractivity contribution in [3.05, 3.63) is 42.0 Å². The molecule has 0 saturated carbocycles. The Hall–Kier alpha value is -2.43. The van der Waals surface area contributed by atoms with E-state index in [0.717, 1.165) is 51.1 Å². The highest BCUT2D eigenvalue weighted by Gasteiger charge is 2.12. The van der Waals surface area contributed by atoms with Crippen LogP contribution in [0.3, 0.4) is 0 Å². The maximum atomic E-state index is 8.81. The monoisotopic (exact) mass is 409 g/mol. The van der Waals surface area contributed by atoms with E-state index in [1.807, 2.05) is 24.3 Å². The molecular formula is C21H23N5S2. The minimum absolute atomic E-state index is 0.503. The summed E-state index contributed by atoms with van der Waals surface area (Å²) in [7, 11) is 0. The summed E-state index contributed by atoms with van der Waals surface area (Å²) in [6.45, 7) is 9.69. The number of anilines is 1. The van der Waals surface area contributed by atoms with E-state index in [1.165, 1.54) is 17.0 Å². The molecule has 0 spiro atoms. The van der Waals surface area contributed by atoms with Crippen molar-refractivity contribution in [3.63, 3.8) is 0 Å². The van der Waals surface area contributed by atoms with Gasteiger partial charge in [0, 0.05) is 23.2 Å². The topological polar surface area (TPSA) is 64.6 Å². The van der Waals surface area contributed by atoms with Crippen molar-refractivity contribution >= 4 is 49.8 Å². The van der Waals surface area contributed by atoms with Crippen LogP contribution in [0.25, 0.3) is 10.2 Å². The summed E-state index contributed by atoms with van der Waals surface area (Å²) in [6.07, 6.45) is 1.11. The molecule has 1 unspecified atom stereocenters. The van der Waals surface area contributed by atoms with Crippen LogP contribution in [0.1, 0.15) is 32.8 Å². The van der Waals surface area contributed by atoms with E-state index in [2.05, 4.69) is 65.3 Å². The van der Waals surface area contributed by atoms with E-state index in [4.69, 9.17) is 5.26 Å². The number of thiocyanates is 1. The molecule has 0 saturated heterocycles. The molecule has 0 aliphatic heterocycles. The normalized spacial score (nSPS) is 12.4. The maximum Gasteiger partial charge on any atom is 0.231 e. The first-order valence-electron chi connectivity index (χ1n) is 9.31. The van der Waals surface area contributed by atoms with Gasteiger partial charge in [-0.1, -0.05) is 18.3 Å². The molecule has 5 nitrogen and oxygen atoms in total. The number of fused-ring (bicyclic) bond motifs is 1. The number of aryl methyl sites for hydroxylation is 1. The molecule has 1 aromatic heterocycles. The van der Waals surface area contributed by atoms with Gasteiger partial charge in [-0.25, -0.2) is 4.98 Å². The zero-order chi connectivity index (χ0) is 20.1. The molecule has 0 fully saturated rings. The SMILES string of the molecule is CCC(C)N(CC)c1ccc(N=Nc2nc3ccc(SC#N)cc3s2)c(C)c1. The van der Waals surface area contributed by atoms with Gasteiger partial charge in [-0.3, -0.25) is 0 Å². The predicted molar refractivity (Wildman–Crippen MR) is 119 cm³/mol. The van der Waals surface area contributed by atoms with Crippen LogP contribution in [-0.2, 0) is 0 Å². The molecule has 0 aliphatic carbocycles. The molecule has 0 N–H and O–H groups in total. The van der Waals surface area contributed by atoms with Crippen LogP contribution in [0.4, 0.5) is 16.5 Å². The highest BCUT2D eigenvalue weighted by molar-refractivity contribution is 8.03. The van der Waals surface area contributed by atoms with E-state index in [0.29, 0.717) is 11.2 Å². The largest absolute Gasteiger partial charge is 0.369 e. The number of nitrogens with zero attached hydrogens (tertiary/aromatic N) is 5. The molecule has 3 rings (SSSR count). The Morgan fingerprint density at radius 2 is 2.04 bits per heavy atom. The van der Waals surface area contributed by atoms with Crippen LogP contribution in [0, 0.1) is 17.6 Å². The fourth-order valence-corrected chi connectivity index (χ4v) is 4.37. The average Bonchev–Trinajstić information content (AvgIpc) is 3.10. The molecule has 1 heterocycles. The second-order valence-electron chi connectivity index (χ2n) is 6.53. The van der Waals surface area contributed by atoms with Crippen LogP contribution in [0.2, 0.25) is 0 Å². The van der Waals surface area contributed by atoms with Crippen molar-refractivity contribution in [1.82, 2.24) is 4.98 Å². The minimum Gasteiger partial charge on any atom is -0.369 e. The number of hydrogen-bond donors (Lipinski definition) is 0. The molecular weight excluding hydrogens is 386 g/mol. The smallest absolute Gasteiger partial charge is 0.231 e. The Bertz CT molecular complexity index is 1030. The second kappa shape index (κ2) is 9.18. The van der Waals surface area contributed by atoms with Crippen molar-refractivity contribution < 1.29 is 0 Å². The lowest BCUT2D eigenvalue weighted by atomic mass is 10.1. The number of benzene rings is 2. The highest BCUT2D eigenvalue weighted by atomic mass is 32.2. The number of thiazole rings is 1. The second-order valence-corrected chi connectivity index (χ2v) is 8.40. The van der Waals surface area contributed by atoms with Gasteiger partial charge in [0.15, 0.2) is 0 Å². The summed E-state index contributed by atoms with van der Waals surface area (Å²) < 4.78 is 1.01. The predicted octanol–water partition coefficient (Wildman–Crippen LogP) is 7.22. The summed E-state index contributed by atoms with van der Waals surface area (Å²) >= 11 is 2.63. The molecule has 28 heavy (non-hydrogen) atoms. The first-order valence-corrected chi connectivity index (χ1v) is 10.9. The molecule has 0 bridgehead atoms. The summed E-state index contributed by atoms with van der Waals surface area (Å²) in [5, 5.41) is 20.3. The molecule has 1 atom stereocenters. The maximum absolute atomic E-state index is 8.81. The molecule has 0 amide bonds. The zero-order valence-corrected chi connectivity index (χ0v) is 18.1. The third kappa shape index (κ3) is 4.51. The lowest BCUT2D eigenvalue weighted by molar-refractivity contribution is 0.630. The highest BCUT2D eigenvalue weighted by Crippen LogP contribution is 2.33. The third-order valence-electron chi connectivity index (χ3n) is 4.73. The summed E-state index contributed by atoms with van der Waals surface area (Å²) in [5.74, 6) is 0. The Labute approximate surface area is 174 Å². The molecule has 144 valence electrons. The van der Waals surface area contributed by atoms with Crippen LogP contribution in [-0.4, -0.2) is 17.6 Å². The number of hydrogen-bond acceptors (Lipinski definition) is 7. The Kier molecular flexibility index (Phi) is 6.65. The van der Waals surface area contributed by atoms with Crippen molar-refractivity contribution in [3.8, 4) is 5.40 Å². The van der Waals surface area contributed by atoms with E-state index < -0.39 is 0 Å². The van der Waals surface area contributed by atoms with Gasteiger partial charge in [0.05, 0.1) is 15.9 Å². The lowest BCUT2D eigenvalue weighted by Gasteiger charge is -2.29. The Morgan fingerprint density at radius 1 is 1.21 bits per heavy atom. The van der Waals surface area contributed by atoms with Gasteiger partial charge in [0.25, 0.3) is 0 Å². The van der Waals surface area contributed by atoms with Gasteiger partial charge in [-0.2, -0.15) is 5.26 Å². The molecule has 3 aromatic rings. The first-order chi connectivity index (χ1) is 13.5. The van der Waals surface area contributed by atoms with Crippen LogP contribution >= 0.6 is 23.1 Å². The quantitative estimate of drug-likeness (QED) is 0.235. The summed E-state index contributed by atoms with van der Waals surface area (Å²) in [6, 6.07) is 12.6. The number of thioether (sulfide) groups is 1. The van der Waals surface area contributed by atoms with E-state index in [1.54, 1.807) is 0 Å². The van der Waals surface area contributed by atoms with Crippen LogP contribution < -0.4 is 4.90 Å². The van der Waals surface area contributed by atoms with Gasteiger partial charge < -0.3 is 4.90 Å². The summed E-state index contributed by atoms with van der Waals surface area (Å²) in [4.78, 5) is 7.82. The Morgan fingerprint density at radius 3 is 2.71 bits per heavy atom. The molecule has 0 aliphatic rings. The lowest BCUT2D eigenvalue weighted by Crippen LogP contribution is -2.32. The first kappa shape index (κ1) is 20.3. The van der Waals surface area contributed by atoms with Crippen molar-refractivity contribution in [2.45, 2.75) is 45.1 Å². The van der Waals surface area contributed by atoms with Crippen molar-refractivity contribution in [2.75, 3.05) is 11.4 Å². The fraction of sp³-hybridized carbons (Fsp3) is 0.333. The summed E-state index contributed by atoms with van der Waals surface area (Å²) in [5.41, 5.74) is 4.04. The van der Waals surface area contributed by atoms with E-state index in [-0.39, 0.29) is 0 Å². The third-order valence-corrected chi connectivity index (χ3v) is 6.21. The number of azo groups is 1. The van der Waals surface area contributed by atoms with Gasteiger partial charge >= 0.3 is 0 Å². The average molecular weight is 410 g/mol. The molecule has 2 aromatic carbocycles. The minimum atomic E-state index is 0.503. The Balaban J connectivity index is 1.82. The number of rotatable bonds is 7. The van der Waals surface area contributed by atoms with E-state index >= 15 is 0 Å². The molecule has 0 radical (unpaired) electrons. The molecule has 7 heteroatoms. The van der Waals surface area contributed by atoms with Crippen molar-refractivity contribution in [2.24, 2.45) is 10.2 Å². The van der Waals surface area contributed by atoms with Gasteiger partial charge in [-0.05, 0) is 80.9 Å². The van der Waals surface area contributed by atoms with Gasteiger partial charge in [0.2, 0.25) is 5.13 Å². The van der Waals surface area contributed by atoms with Crippen molar-refractivity contribution in [1.29, 1.82) is 5.26 Å². The van der Waals surface area contributed by atoms with Gasteiger partial charge in [-0.15, -0.1) is 10.2 Å². The fourth-order valence-electron chi connectivity index (χ4n) is 3.05.